The molecule has 2 heterocycles. The summed E-state index contributed by atoms with van der Waals surface area (Å²) < 4.78 is 1.41. The van der Waals surface area contributed by atoms with E-state index in [0.717, 1.165) is 0 Å². The number of nitrogens with zero attached hydrogens (tertiary/aromatic N) is 4. The Labute approximate surface area is 118 Å². The summed E-state index contributed by atoms with van der Waals surface area (Å²) in [4.78, 5) is 31.1. The van der Waals surface area contributed by atoms with E-state index in [1.54, 1.807) is 25.3 Å². The molecule has 0 atom stereocenters. The summed E-state index contributed by atoms with van der Waals surface area (Å²) >= 11 is 0. The molecular formula is C14H10N4O3. The van der Waals surface area contributed by atoms with Crippen molar-refractivity contribution in [1.82, 2.24) is 14.5 Å². The molecule has 0 N–H and O–H groups in total. The van der Waals surface area contributed by atoms with Crippen LogP contribution in [-0.2, 0) is 0 Å². The van der Waals surface area contributed by atoms with Gasteiger partial charge in [-0.3, -0.25) is 19.5 Å². The maximum atomic E-state index is 12.5. The molecular weight excluding hydrogens is 272 g/mol. The lowest BCUT2D eigenvalue weighted by Gasteiger charge is -2.09. The summed E-state index contributed by atoms with van der Waals surface area (Å²) in [7, 11) is 0. The molecule has 3 aromatic rings. The SMILES string of the molecule is Cc1nc2ncccc2c(=O)n1-c1ccc([N+](=O)[O-])cc1. The van der Waals surface area contributed by atoms with E-state index in [0.29, 0.717) is 22.5 Å². The number of pyridine rings is 1. The molecule has 7 heteroatoms. The Bertz CT molecular complexity index is 900. The summed E-state index contributed by atoms with van der Waals surface area (Å²) in [6, 6.07) is 9.08. The first-order valence-electron chi connectivity index (χ1n) is 6.17. The second-order valence-corrected chi connectivity index (χ2v) is 4.45. The van der Waals surface area contributed by atoms with Crippen molar-refractivity contribution in [3.05, 3.63) is 68.9 Å². The van der Waals surface area contributed by atoms with Crippen LogP contribution in [0.15, 0.2) is 47.4 Å². The minimum Gasteiger partial charge on any atom is -0.268 e. The molecule has 0 radical (unpaired) electrons. The first-order valence-corrected chi connectivity index (χ1v) is 6.17. The average Bonchev–Trinajstić information content (AvgIpc) is 2.48. The minimum absolute atomic E-state index is 0.0279. The highest BCUT2D eigenvalue weighted by atomic mass is 16.6. The molecule has 0 aliphatic heterocycles. The number of benzene rings is 1. The monoisotopic (exact) mass is 282 g/mol. The third-order valence-corrected chi connectivity index (χ3v) is 3.13. The Morgan fingerprint density at radius 1 is 1.19 bits per heavy atom. The van der Waals surface area contributed by atoms with Crippen molar-refractivity contribution in [2.75, 3.05) is 0 Å². The Morgan fingerprint density at radius 3 is 2.57 bits per heavy atom. The number of hydrogen-bond acceptors (Lipinski definition) is 5. The van der Waals surface area contributed by atoms with Gasteiger partial charge in [0.15, 0.2) is 5.65 Å². The zero-order valence-electron chi connectivity index (χ0n) is 11.1. The number of nitro benzene ring substituents is 1. The lowest BCUT2D eigenvalue weighted by Crippen LogP contribution is -2.22. The fourth-order valence-electron chi connectivity index (χ4n) is 2.15. The van der Waals surface area contributed by atoms with Gasteiger partial charge in [-0.05, 0) is 31.2 Å². The topological polar surface area (TPSA) is 90.9 Å². The number of hydrogen-bond donors (Lipinski definition) is 0. The van der Waals surface area contributed by atoms with Crippen LogP contribution in [0.1, 0.15) is 5.82 Å². The van der Waals surface area contributed by atoms with Crippen LogP contribution in [0.2, 0.25) is 0 Å². The maximum absolute atomic E-state index is 12.5. The average molecular weight is 282 g/mol. The van der Waals surface area contributed by atoms with Crippen molar-refractivity contribution < 1.29 is 4.92 Å². The van der Waals surface area contributed by atoms with Gasteiger partial charge in [-0.2, -0.15) is 0 Å². The summed E-state index contributed by atoms with van der Waals surface area (Å²) in [6.07, 6.45) is 1.57. The Morgan fingerprint density at radius 2 is 1.90 bits per heavy atom. The largest absolute Gasteiger partial charge is 0.269 e. The van der Waals surface area contributed by atoms with Crippen LogP contribution in [0.3, 0.4) is 0 Å². The van der Waals surface area contributed by atoms with Gasteiger partial charge in [0.2, 0.25) is 0 Å². The van der Waals surface area contributed by atoms with Gasteiger partial charge >= 0.3 is 0 Å². The van der Waals surface area contributed by atoms with Crippen molar-refractivity contribution in [2.24, 2.45) is 0 Å². The van der Waals surface area contributed by atoms with Gasteiger partial charge in [-0.15, -0.1) is 0 Å². The van der Waals surface area contributed by atoms with Crippen LogP contribution in [0, 0.1) is 17.0 Å². The molecule has 2 aromatic heterocycles. The van der Waals surface area contributed by atoms with Gasteiger partial charge < -0.3 is 0 Å². The number of fused-ring (bicyclic) bond motifs is 1. The van der Waals surface area contributed by atoms with Crippen LogP contribution >= 0.6 is 0 Å². The Hall–Kier alpha value is -3.09. The van der Waals surface area contributed by atoms with Gasteiger partial charge in [0.05, 0.1) is 16.0 Å². The summed E-state index contributed by atoms with van der Waals surface area (Å²) in [5.41, 5.74) is 0.638. The van der Waals surface area contributed by atoms with E-state index >= 15 is 0 Å². The first-order chi connectivity index (χ1) is 10.1. The summed E-state index contributed by atoms with van der Waals surface area (Å²) in [5, 5.41) is 11.1. The molecule has 0 saturated heterocycles. The van der Waals surface area contributed by atoms with Crippen molar-refractivity contribution in [3.8, 4) is 5.69 Å². The molecule has 0 bridgehead atoms. The van der Waals surface area contributed by atoms with E-state index in [1.807, 2.05) is 0 Å². The molecule has 0 aliphatic carbocycles. The smallest absolute Gasteiger partial charge is 0.268 e. The summed E-state index contributed by atoms with van der Waals surface area (Å²) in [5.74, 6) is 0.472. The molecule has 0 fully saturated rings. The Balaban J connectivity index is 2.25. The van der Waals surface area contributed by atoms with Crippen molar-refractivity contribution in [2.45, 2.75) is 6.92 Å². The van der Waals surface area contributed by atoms with Gasteiger partial charge in [-0.1, -0.05) is 0 Å². The van der Waals surface area contributed by atoms with Crippen LogP contribution in [0.5, 0.6) is 0 Å². The lowest BCUT2D eigenvalue weighted by molar-refractivity contribution is -0.384. The predicted octanol–water partition coefficient (Wildman–Crippen LogP) is 2.00. The van der Waals surface area contributed by atoms with Gasteiger partial charge in [0.25, 0.3) is 11.2 Å². The molecule has 0 saturated carbocycles. The molecule has 1 aromatic carbocycles. The van der Waals surface area contributed by atoms with E-state index in [4.69, 9.17) is 0 Å². The number of nitro groups is 1. The van der Waals surface area contributed by atoms with Crippen LogP contribution in [0.4, 0.5) is 5.69 Å². The first kappa shape index (κ1) is 12.9. The Kier molecular flexibility index (Phi) is 2.94. The highest BCUT2D eigenvalue weighted by Crippen LogP contribution is 2.16. The third kappa shape index (κ3) is 2.14. The van der Waals surface area contributed by atoms with E-state index in [2.05, 4.69) is 9.97 Å². The van der Waals surface area contributed by atoms with E-state index in [9.17, 15) is 14.9 Å². The number of non-ortho nitro benzene ring substituents is 1. The normalized spacial score (nSPS) is 10.7. The fraction of sp³-hybridized carbons (Fsp3) is 0.0714. The van der Waals surface area contributed by atoms with Gasteiger partial charge in [0.1, 0.15) is 5.82 Å². The van der Waals surface area contributed by atoms with E-state index < -0.39 is 4.92 Å². The van der Waals surface area contributed by atoms with Crippen molar-refractivity contribution in [1.29, 1.82) is 0 Å². The van der Waals surface area contributed by atoms with Crippen LogP contribution < -0.4 is 5.56 Å². The number of aromatic nitrogens is 3. The molecule has 0 unspecified atom stereocenters. The number of aryl methyl sites for hydroxylation is 1. The molecule has 0 spiro atoms. The quantitative estimate of drug-likeness (QED) is 0.529. The minimum atomic E-state index is -0.484. The molecule has 0 aliphatic rings. The maximum Gasteiger partial charge on any atom is 0.269 e. The molecule has 0 amide bonds. The zero-order chi connectivity index (χ0) is 15.0. The molecule has 3 rings (SSSR count). The third-order valence-electron chi connectivity index (χ3n) is 3.13. The van der Waals surface area contributed by atoms with Gasteiger partial charge in [-0.25, -0.2) is 9.97 Å². The predicted molar refractivity (Wildman–Crippen MR) is 76.5 cm³/mol. The zero-order valence-corrected chi connectivity index (χ0v) is 11.1. The highest BCUT2D eigenvalue weighted by Gasteiger charge is 2.11. The van der Waals surface area contributed by atoms with Crippen LogP contribution in [-0.4, -0.2) is 19.5 Å². The van der Waals surface area contributed by atoms with Crippen molar-refractivity contribution >= 4 is 16.7 Å². The molecule has 7 nitrogen and oxygen atoms in total. The van der Waals surface area contributed by atoms with E-state index in [-0.39, 0.29) is 11.2 Å². The van der Waals surface area contributed by atoms with Gasteiger partial charge in [0, 0.05) is 18.3 Å². The second kappa shape index (κ2) is 4.78. The van der Waals surface area contributed by atoms with E-state index in [1.165, 1.54) is 28.8 Å². The summed E-state index contributed by atoms with van der Waals surface area (Å²) in [6.45, 7) is 1.69. The fourth-order valence-corrected chi connectivity index (χ4v) is 2.15. The molecule has 21 heavy (non-hydrogen) atoms. The number of rotatable bonds is 2. The van der Waals surface area contributed by atoms with Crippen LogP contribution in [0.25, 0.3) is 16.7 Å². The standard InChI is InChI=1S/C14H10N4O3/c1-9-16-13-12(3-2-8-15-13)14(19)17(9)10-4-6-11(7-5-10)18(20)21/h2-8H,1H3. The van der Waals surface area contributed by atoms with Crippen molar-refractivity contribution in [3.63, 3.8) is 0 Å². The molecule has 104 valence electrons. The lowest BCUT2D eigenvalue weighted by atomic mass is 10.2. The highest BCUT2D eigenvalue weighted by molar-refractivity contribution is 5.73. The second-order valence-electron chi connectivity index (χ2n) is 4.45.